The van der Waals surface area contributed by atoms with Crippen molar-refractivity contribution in [2.45, 2.75) is 50.2 Å². The minimum atomic E-state index is -1.07. The van der Waals surface area contributed by atoms with Gasteiger partial charge in [0.05, 0.1) is 11.1 Å². The standard InChI is InChI=1S/C16H19N3O4S2/c1-8-11-13(21)18-16(19-14(11)25-12(8)15(22)23)24-7-10(20)17-9-5-3-2-4-6-9/h9H,2-7H2,1H3,(H,17,20)(H,22,23)(H,18,19,21). The van der Waals surface area contributed by atoms with E-state index in [2.05, 4.69) is 15.3 Å². The van der Waals surface area contributed by atoms with E-state index in [0.29, 0.717) is 20.9 Å². The molecular formula is C16H19N3O4S2. The molecule has 1 saturated carbocycles. The van der Waals surface area contributed by atoms with Crippen LogP contribution < -0.4 is 10.9 Å². The number of carbonyl (C=O) groups excluding carboxylic acids is 1. The number of hydrogen-bond donors (Lipinski definition) is 3. The highest BCUT2D eigenvalue weighted by Crippen LogP contribution is 2.28. The fourth-order valence-corrected chi connectivity index (χ4v) is 4.80. The van der Waals surface area contributed by atoms with E-state index in [0.717, 1.165) is 48.8 Å². The number of fused-ring (bicyclic) bond motifs is 1. The van der Waals surface area contributed by atoms with Gasteiger partial charge in [-0.15, -0.1) is 11.3 Å². The van der Waals surface area contributed by atoms with E-state index in [-0.39, 0.29) is 28.1 Å². The highest BCUT2D eigenvalue weighted by atomic mass is 32.2. The molecule has 1 fully saturated rings. The van der Waals surface area contributed by atoms with Gasteiger partial charge in [-0.05, 0) is 25.3 Å². The molecule has 1 aliphatic carbocycles. The van der Waals surface area contributed by atoms with Crippen molar-refractivity contribution in [3.05, 3.63) is 20.8 Å². The van der Waals surface area contributed by atoms with Crippen LogP contribution in [0.3, 0.4) is 0 Å². The number of carboxylic acids is 1. The molecule has 0 atom stereocenters. The number of hydrogen-bond acceptors (Lipinski definition) is 6. The Morgan fingerprint density at radius 2 is 2.08 bits per heavy atom. The van der Waals surface area contributed by atoms with Crippen molar-refractivity contribution < 1.29 is 14.7 Å². The monoisotopic (exact) mass is 381 g/mol. The number of aromatic nitrogens is 2. The molecule has 0 unspecified atom stereocenters. The summed E-state index contributed by atoms with van der Waals surface area (Å²) >= 11 is 2.13. The van der Waals surface area contributed by atoms with Crippen LogP contribution in [0.25, 0.3) is 10.2 Å². The van der Waals surface area contributed by atoms with Gasteiger partial charge >= 0.3 is 5.97 Å². The zero-order chi connectivity index (χ0) is 18.0. The van der Waals surface area contributed by atoms with E-state index in [1.54, 1.807) is 6.92 Å². The average Bonchev–Trinajstić information content (AvgIpc) is 2.91. The topological polar surface area (TPSA) is 112 Å². The molecule has 2 aromatic heterocycles. The predicted octanol–water partition coefficient (Wildman–Crippen LogP) is 2.53. The quantitative estimate of drug-likeness (QED) is 0.542. The second kappa shape index (κ2) is 7.57. The Hall–Kier alpha value is -1.87. The van der Waals surface area contributed by atoms with Gasteiger partial charge in [0, 0.05) is 6.04 Å². The van der Waals surface area contributed by atoms with Crippen LogP contribution in [0.5, 0.6) is 0 Å². The van der Waals surface area contributed by atoms with Crippen LogP contribution in [0, 0.1) is 6.92 Å². The van der Waals surface area contributed by atoms with Gasteiger partial charge in [0.2, 0.25) is 5.91 Å². The van der Waals surface area contributed by atoms with Crippen LogP contribution in [-0.4, -0.2) is 38.7 Å². The third-order valence-corrected chi connectivity index (χ3v) is 6.33. The molecule has 0 bridgehead atoms. The Labute approximate surface area is 152 Å². The number of nitrogens with one attached hydrogen (secondary N) is 2. The molecule has 1 aliphatic rings. The first-order valence-corrected chi connectivity index (χ1v) is 9.95. The van der Waals surface area contributed by atoms with Crippen LogP contribution in [0.1, 0.15) is 47.3 Å². The van der Waals surface area contributed by atoms with Crippen molar-refractivity contribution in [2.75, 3.05) is 5.75 Å². The molecule has 2 aromatic rings. The Morgan fingerprint density at radius 1 is 1.36 bits per heavy atom. The molecule has 9 heteroatoms. The third kappa shape index (κ3) is 4.04. The number of thiophene rings is 1. The Balaban J connectivity index is 1.70. The lowest BCUT2D eigenvalue weighted by Gasteiger charge is -2.22. The summed E-state index contributed by atoms with van der Waals surface area (Å²) in [4.78, 5) is 42.9. The van der Waals surface area contributed by atoms with Crippen molar-refractivity contribution in [1.29, 1.82) is 0 Å². The van der Waals surface area contributed by atoms with Gasteiger partial charge < -0.3 is 15.4 Å². The molecule has 134 valence electrons. The highest BCUT2D eigenvalue weighted by Gasteiger charge is 2.19. The second-order valence-corrected chi connectivity index (χ2v) is 8.07. The summed E-state index contributed by atoms with van der Waals surface area (Å²) in [7, 11) is 0. The summed E-state index contributed by atoms with van der Waals surface area (Å²) in [6.45, 7) is 1.60. The van der Waals surface area contributed by atoms with Crippen LogP contribution in [-0.2, 0) is 4.79 Å². The van der Waals surface area contributed by atoms with Gasteiger partial charge in [-0.3, -0.25) is 9.59 Å². The maximum atomic E-state index is 12.2. The number of carbonyl (C=O) groups is 2. The maximum Gasteiger partial charge on any atom is 0.346 e. The Kier molecular flexibility index (Phi) is 5.43. The fraction of sp³-hybridized carbons (Fsp3) is 0.500. The Morgan fingerprint density at radius 3 is 2.76 bits per heavy atom. The summed E-state index contributed by atoms with van der Waals surface area (Å²) in [5.41, 5.74) is 0.0503. The largest absolute Gasteiger partial charge is 0.477 e. The van der Waals surface area contributed by atoms with Crippen LogP contribution in [0.15, 0.2) is 9.95 Å². The number of thioether (sulfide) groups is 1. The first-order valence-electron chi connectivity index (χ1n) is 8.14. The molecule has 2 heterocycles. The third-order valence-electron chi connectivity index (χ3n) is 4.28. The minimum absolute atomic E-state index is 0.0757. The van der Waals surface area contributed by atoms with E-state index in [4.69, 9.17) is 0 Å². The number of aromatic amines is 1. The van der Waals surface area contributed by atoms with Gasteiger partial charge in [0.15, 0.2) is 5.16 Å². The number of carboxylic acid groups (broad SMARTS) is 1. The van der Waals surface area contributed by atoms with Gasteiger partial charge in [-0.2, -0.15) is 0 Å². The molecule has 0 aromatic carbocycles. The van der Waals surface area contributed by atoms with E-state index in [9.17, 15) is 19.5 Å². The zero-order valence-corrected chi connectivity index (χ0v) is 15.4. The van der Waals surface area contributed by atoms with E-state index in [1.165, 1.54) is 6.42 Å². The SMILES string of the molecule is Cc1c(C(=O)O)sc2nc(SCC(=O)NC3CCCCC3)[nH]c(=O)c12. The first-order chi connectivity index (χ1) is 12.0. The summed E-state index contributed by atoms with van der Waals surface area (Å²) in [5, 5.41) is 12.8. The molecule has 7 nitrogen and oxygen atoms in total. The lowest BCUT2D eigenvalue weighted by molar-refractivity contribution is -0.119. The number of nitrogens with zero attached hydrogens (tertiary/aromatic N) is 1. The van der Waals surface area contributed by atoms with Crippen molar-refractivity contribution in [2.24, 2.45) is 0 Å². The zero-order valence-electron chi connectivity index (χ0n) is 13.8. The minimum Gasteiger partial charge on any atom is -0.477 e. The number of amides is 1. The van der Waals surface area contributed by atoms with Crippen molar-refractivity contribution in [3.8, 4) is 0 Å². The smallest absolute Gasteiger partial charge is 0.346 e. The maximum absolute atomic E-state index is 12.2. The van der Waals surface area contributed by atoms with Gasteiger partial charge in [-0.1, -0.05) is 31.0 Å². The molecule has 0 aliphatic heterocycles. The first kappa shape index (κ1) is 17.9. The molecular weight excluding hydrogens is 362 g/mol. The number of rotatable bonds is 5. The highest BCUT2D eigenvalue weighted by molar-refractivity contribution is 7.99. The normalized spacial score (nSPS) is 15.4. The van der Waals surface area contributed by atoms with Crippen molar-refractivity contribution in [1.82, 2.24) is 15.3 Å². The van der Waals surface area contributed by atoms with E-state index >= 15 is 0 Å². The van der Waals surface area contributed by atoms with Gasteiger partial charge in [0.1, 0.15) is 9.71 Å². The van der Waals surface area contributed by atoms with Crippen LogP contribution in [0.2, 0.25) is 0 Å². The average molecular weight is 381 g/mol. The second-order valence-electron chi connectivity index (χ2n) is 6.10. The summed E-state index contributed by atoms with van der Waals surface area (Å²) in [5.74, 6) is -0.977. The van der Waals surface area contributed by atoms with Crippen LogP contribution in [0.4, 0.5) is 0 Å². The molecule has 1 amide bonds. The molecule has 3 rings (SSSR count). The molecule has 3 N–H and O–H groups in total. The Bertz CT molecular complexity index is 868. The number of H-pyrrole nitrogens is 1. The van der Waals surface area contributed by atoms with Crippen molar-refractivity contribution in [3.63, 3.8) is 0 Å². The predicted molar refractivity (Wildman–Crippen MR) is 97.7 cm³/mol. The summed E-state index contributed by atoms with van der Waals surface area (Å²) < 4.78 is 0. The van der Waals surface area contributed by atoms with Crippen LogP contribution >= 0.6 is 23.1 Å². The van der Waals surface area contributed by atoms with Gasteiger partial charge in [-0.25, -0.2) is 9.78 Å². The molecule has 0 radical (unpaired) electrons. The molecule has 0 spiro atoms. The number of aryl methyl sites for hydroxylation is 1. The van der Waals surface area contributed by atoms with E-state index < -0.39 is 5.97 Å². The molecule has 25 heavy (non-hydrogen) atoms. The lowest BCUT2D eigenvalue weighted by Crippen LogP contribution is -2.37. The van der Waals surface area contributed by atoms with Gasteiger partial charge in [0.25, 0.3) is 5.56 Å². The summed E-state index contributed by atoms with van der Waals surface area (Å²) in [6.07, 6.45) is 5.55. The number of aromatic carboxylic acids is 1. The van der Waals surface area contributed by atoms with E-state index in [1.807, 2.05) is 0 Å². The lowest BCUT2D eigenvalue weighted by atomic mass is 9.95. The fourth-order valence-electron chi connectivity index (χ4n) is 3.05. The molecule has 0 saturated heterocycles. The van der Waals surface area contributed by atoms with Crippen molar-refractivity contribution >= 4 is 45.2 Å². The summed E-state index contributed by atoms with van der Waals surface area (Å²) in [6, 6.07) is 0.245.